The maximum Gasteiger partial charge on any atom is 0.143 e. The van der Waals surface area contributed by atoms with Gasteiger partial charge in [-0.05, 0) is 76.7 Å². The number of hydrogen-bond donors (Lipinski definition) is 0. The topological polar surface area (TPSA) is 21.3 Å². The smallest absolute Gasteiger partial charge is 0.143 e. The third kappa shape index (κ3) is 4.98. The van der Waals surface area contributed by atoms with Gasteiger partial charge in [-0.3, -0.25) is 0 Å². The lowest BCUT2D eigenvalue weighted by molar-refractivity contribution is 0.673. The van der Waals surface area contributed by atoms with Gasteiger partial charge in [-0.2, -0.15) is 0 Å². The summed E-state index contributed by atoms with van der Waals surface area (Å²) in [6.07, 6.45) is 0. The first kappa shape index (κ1) is 31.2. The van der Waals surface area contributed by atoms with Gasteiger partial charge in [0.2, 0.25) is 0 Å². The van der Waals surface area contributed by atoms with Crippen LogP contribution in [0.3, 0.4) is 0 Å². The number of benzene rings is 9. The van der Waals surface area contributed by atoms with E-state index in [9.17, 15) is 0 Å². The summed E-state index contributed by atoms with van der Waals surface area (Å²) >= 11 is 0. The molecule has 3 nitrogen and oxygen atoms in total. The zero-order valence-electron chi connectivity index (χ0n) is 29.9. The quantitative estimate of drug-likeness (QED) is 0.172. The number of anilines is 3. The lowest BCUT2D eigenvalue weighted by atomic mass is 9.96. The van der Waals surface area contributed by atoms with Crippen molar-refractivity contribution in [2.24, 2.45) is 0 Å². The number of rotatable bonds is 6. The van der Waals surface area contributed by atoms with Crippen LogP contribution in [0.1, 0.15) is 0 Å². The molecule has 0 aliphatic heterocycles. The van der Waals surface area contributed by atoms with Crippen molar-refractivity contribution < 1.29 is 4.42 Å². The molecule has 55 heavy (non-hydrogen) atoms. The highest BCUT2D eigenvalue weighted by Crippen LogP contribution is 2.48. The predicted molar refractivity (Wildman–Crippen MR) is 231 cm³/mol. The van der Waals surface area contributed by atoms with Crippen LogP contribution in [-0.4, -0.2) is 4.57 Å². The highest BCUT2D eigenvalue weighted by molar-refractivity contribution is 6.20. The van der Waals surface area contributed by atoms with Crippen molar-refractivity contribution in [1.29, 1.82) is 0 Å². The molecule has 3 heteroatoms. The van der Waals surface area contributed by atoms with Crippen molar-refractivity contribution in [3.8, 4) is 27.9 Å². The number of fused-ring (bicyclic) bond motifs is 8. The van der Waals surface area contributed by atoms with Gasteiger partial charge in [0.25, 0.3) is 0 Å². The fourth-order valence-electron chi connectivity index (χ4n) is 8.54. The molecule has 11 aromatic rings. The van der Waals surface area contributed by atoms with E-state index in [1.807, 2.05) is 0 Å². The summed E-state index contributed by atoms with van der Waals surface area (Å²) in [7, 11) is 0. The number of nitrogens with zero attached hydrogens (tertiary/aromatic N) is 2. The molecular formula is C52H34N2O. The predicted octanol–water partition coefficient (Wildman–Crippen LogP) is 14.6. The van der Waals surface area contributed by atoms with Gasteiger partial charge >= 0.3 is 0 Å². The van der Waals surface area contributed by atoms with E-state index in [4.69, 9.17) is 4.42 Å². The summed E-state index contributed by atoms with van der Waals surface area (Å²) in [6, 6.07) is 73.9. The lowest BCUT2D eigenvalue weighted by Gasteiger charge is -2.29. The van der Waals surface area contributed by atoms with Crippen LogP contribution in [0, 0.1) is 0 Å². The van der Waals surface area contributed by atoms with E-state index in [1.165, 1.54) is 32.8 Å². The summed E-state index contributed by atoms with van der Waals surface area (Å²) in [5, 5.41) is 6.95. The van der Waals surface area contributed by atoms with Crippen LogP contribution in [-0.2, 0) is 0 Å². The van der Waals surface area contributed by atoms with E-state index in [-0.39, 0.29) is 0 Å². The standard InChI is InChI=1S/C52H34N2O/c1-3-15-35(16-4-1)36-29-32-39(33-30-36)53(48-27-13-24-44-42-22-10-12-26-47(42)54(51(44)48)38-18-5-2-6-19-38)46-25-11-9-21-41(46)43-23-14-28-49-50(43)45-34-31-37-17-7-8-20-40(37)52(45)55-49/h1-34H. The summed E-state index contributed by atoms with van der Waals surface area (Å²) in [5.41, 5.74) is 13.1. The maximum absolute atomic E-state index is 6.69. The van der Waals surface area contributed by atoms with Crippen LogP contribution in [0.2, 0.25) is 0 Å². The number of aromatic nitrogens is 1. The molecule has 258 valence electrons. The van der Waals surface area contributed by atoms with Crippen molar-refractivity contribution in [3.63, 3.8) is 0 Å². The molecule has 0 spiro atoms. The van der Waals surface area contributed by atoms with Crippen LogP contribution in [0.25, 0.3) is 82.5 Å². The maximum atomic E-state index is 6.69. The molecule has 0 amide bonds. The van der Waals surface area contributed by atoms with Crippen molar-refractivity contribution in [2.45, 2.75) is 0 Å². The van der Waals surface area contributed by atoms with Crippen molar-refractivity contribution in [1.82, 2.24) is 4.57 Å². The monoisotopic (exact) mass is 702 g/mol. The Morgan fingerprint density at radius 2 is 1.04 bits per heavy atom. The van der Waals surface area contributed by atoms with E-state index in [1.54, 1.807) is 0 Å². The molecule has 9 aromatic carbocycles. The Morgan fingerprint density at radius 3 is 1.89 bits per heavy atom. The minimum atomic E-state index is 0.878. The molecule has 0 saturated heterocycles. The minimum Gasteiger partial charge on any atom is -0.455 e. The van der Waals surface area contributed by atoms with Crippen LogP contribution >= 0.6 is 0 Å². The van der Waals surface area contributed by atoms with Gasteiger partial charge in [0, 0.05) is 43.9 Å². The molecule has 11 rings (SSSR count). The van der Waals surface area contributed by atoms with Crippen LogP contribution in [0.4, 0.5) is 17.1 Å². The first-order valence-corrected chi connectivity index (χ1v) is 18.8. The highest BCUT2D eigenvalue weighted by Gasteiger charge is 2.25. The summed E-state index contributed by atoms with van der Waals surface area (Å²) in [4.78, 5) is 2.45. The van der Waals surface area contributed by atoms with Crippen molar-refractivity contribution in [2.75, 3.05) is 4.90 Å². The lowest BCUT2D eigenvalue weighted by Crippen LogP contribution is -2.13. The van der Waals surface area contributed by atoms with E-state index < -0.39 is 0 Å². The molecule has 0 aliphatic rings. The molecule has 0 bridgehead atoms. The van der Waals surface area contributed by atoms with Gasteiger partial charge < -0.3 is 13.9 Å². The average molecular weight is 703 g/mol. The fourth-order valence-corrected chi connectivity index (χ4v) is 8.54. The Morgan fingerprint density at radius 1 is 0.400 bits per heavy atom. The largest absolute Gasteiger partial charge is 0.455 e. The second kappa shape index (κ2) is 12.6. The zero-order valence-corrected chi connectivity index (χ0v) is 29.9. The molecule has 0 aliphatic carbocycles. The van der Waals surface area contributed by atoms with Gasteiger partial charge in [0.05, 0.1) is 22.4 Å². The molecule has 0 N–H and O–H groups in total. The highest BCUT2D eigenvalue weighted by atomic mass is 16.3. The Kier molecular flexibility index (Phi) is 7.17. The van der Waals surface area contributed by atoms with E-state index in [2.05, 4.69) is 216 Å². The third-order valence-corrected chi connectivity index (χ3v) is 11.0. The van der Waals surface area contributed by atoms with Gasteiger partial charge in [0.15, 0.2) is 0 Å². The van der Waals surface area contributed by atoms with E-state index in [0.29, 0.717) is 0 Å². The van der Waals surface area contributed by atoms with E-state index in [0.717, 1.165) is 66.7 Å². The normalized spacial score (nSPS) is 11.6. The van der Waals surface area contributed by atoms with Gasteiger partial charge in [-0.15, -0.1) is 0 Å². The van der Waals surface area contributed by atoms with Gasteiger partial charge in [-0.1, -0.05) is 152 Å². The first-order chi connectivity index (χ1) is 27.3. The molecule has 2 heterocycles. The molecule has 0 fully saturated rings. The average Bonchev–Trinajstić information content (AvgIpc) is 3.82. The first-order valence-electron chi connectivity index (χ1n) is 18.8. The Bertz CT molecular complexity index is 3190. The third-order valence-electron chi connectivity index (χ3n) is 11.0. The Balaban J connectivity index is 1.21. The van der Waals surface area contributed by atoms with E-state index >= 15 is 0 Å². The number of furan rings is 1. The number of para-hydroxylation sites is 4. The summed E-state index contributed by atoms with van der Waals surface area (Å²) < 4.78 is 9.11. The fraction of sp³-hybridized carbons (Fsp3) is 0. The molecule has 2 aromatic heterocycles. The Hall–Kier alpha value is -7.36. The molecule has 0 unspecified atom stereocenters. The minimum absolute atomic E-state index is 0.878. The van der Waals surface area contributed by atoms with Crippen LogP contribution < -0.4 is 4.90 Å². The molecule has 0 saturated carbocycles. The molecule has 0 radical (unpaired) electrons. The SMILES string of the molecule is c1ccc(-c2ccc(N(c3ccccc3-c3cccc4oc5c6ccccc6ccc5c34)c3cccc4c5ccccc5n(-c5ccccc5)c34)cc2)cc1. The molecular weight excluding hydrogens is 669 g/mol. The summed E-state index contributed by atoms with van der Waals surface area (Å²) in [6.45, 7) is 0. The van der Waals surface area contributed by atoms with Gasteiger partial charge in [0.1, 0.15) is 11.2 Å². The van der Waals surface area contributed by atoms with Crippen molar-refractivity contribution in [3.05, 3.63) is 206 Å². The second-order valence-electron chi connectivity index (χ2n) is 14.1. The Labute approximate surface area is 318 Å². The molecule has 0 atom stereocenters. The summed E-state index contributed by atoms with van der Waals surface area (Å²) in [5.74, 6) is 0. The van der Waals surface area contributed by atoms with Crippen LogP contribution in [0.5, 0.6) is 0 Å². The van der Waals surface area contributed by atoms with Crippen LogP contribution in [0.15, 0.2) is 211 Å². The second-order valence-corrected chi connectivity index (χ2v) is 14.1. The number of hydrogen-bond acceptors (Lipinski definition) is 2. The van der Waals surface area contributed by atoms with Gasteiger partial charge in [-0.25, -0.2) is 0 Å². The zero-order chi connectivity index (χ0) is 36.3. The van der Waals surface area contributed by atoms with Crippen molar-refractivity contribution >= 4 is 71.6 Å².